The molecule has 0 saturated heterocycles. The molecular weight excluding hydrogens is 422 g/mol. The normalized spacial score (nSPS) is 26.2. The first-order valence-corrected chi connectivity index (χ1v) is 11.9. The molecule has 1 spiro atoms. The predicted octanol–water partition coefficient (Wildman–Crippen LogP) is 5.81. The minimum atomic E-state index is -0.322. The number of carbonyl (C=O) groups is 1. The maximum absolute atomic E-state index is 12.3. The van der Waals surface area contributed by atoms with E-state index in [9.17, 15) is 4.79 Å². The van der Waals surface area contributed by atoms with Gasteiger partial charge in [0.2, 0.25) is 0 Å². The van der Waals surface area contributed by atoms with Crippen molar-refractivity contribution in [1.82, 2.24) is 0 Å². The molecule has 0 bridgehead atoms. The highest BCUT2D eigenvalue weighted by Gasteiger charge is 2.43. The van der Waals surface area contributed by atoms with Gasteiger partial charge in [-0.05, 0) is 85.4 Å². The molecule has 32 heavy (non-hydrogen) atoms. The number of nitrogens with zero attached hydrogens (tertiary/aromatic N) is 1. The zero-order valence-electron chi connectivity index (χ0n) is 18.6. The fourth-order valence-electron chi connectivity index (χ4n) is 5.77. The van der Waals surface area contributed by atoms with E-state index in [4.69, 9.17) is 21.1 Å². The van der Waals surface area contributed by atoms with E-state index >= 15 is 0 Å². The Hall–Kier alpha value is -2.46. The Kier molecular flexibility index (Phi) is 5.66. The molecule has 1 saturated carbocycles. The van der Waals surface area contributed by atoms with Gasteiger partial charge in [-0.25, -0.2) is 4.79 Å². The van der Waals surface area contributed by atoms with Gasteiger partial charge in [-0.1, -0.05) is 23.7 Å². The molecule has 5 heteroatoms. The van der Waals surface area contributed by atoms with Crippen LogP contribution in [0, 0.1) is 11.8 Å². The van der Waals surface area contributed by atoms with Gasteiger partial charge in [-0.3, -0.25) is 0 Å². The lowest BCUT2D eigenvalue weighted by molar-refractivity contribution is 0.0600. The van der Waals surface area contributed by atoms with Crippen molar-refractivity contribution in [2.24, 2.45) is 11.8 Å². The summed E-state index contributed by atoms with van der Waals surface area (Å²) in [7, 11) is 1.42. The van der Waals surface area contributed by atoms with Crippen molar-refractivity contribution in [3.63, 3.8) is 0 Å². The Labute approximate surface area is 195 Å². The first-order valence-electron chi connectivity index (χ1n) is 11.5. The molecule has 2 aromatic carbocycles. The van der Waals surface area contributed by atoms with Crippen LogP contribution in [-0.4, -0.2) is 32.8 Å². The van der Waals surface area contributed by atoms with E-state index < -0.39 is 0 Å². The van der Waals surface area contributed by atoms with Crippen molar-refractivity contribution in [3.05, 3.63) is 70.8 Å². The molecule has 1 aliphatic heterocycles. The third kappa shape index (κ3) is 3.69. The Bertz CT molecular complexity index is 1050. The predicted molar refractivity (Wildman–Crippen MR) is 128 cm³/mol. The van der Waals surface area contributed by atoms with Crippen LogP contribution >= 0.6 is 11.6 Å². The van der Waals surface area contributed by atoms with E-state index in [0.29, 0.717) is 24.0 Å². The van der Waals surface area contributed by atoms with Crippen LogP contribution in [0.5, 0.6) is 5.75 Å². The fraction of sp³-hybridized carbons (Fsp3) is 0.444. The number of allylic oxidation sites excluding steroid dienone is 1. The number of methoxy groups -OCH3 is 1. The molecular formula is C27H30ClNO3. The SMILES string of the molecule is C=C[C@@H]1CC[C@H]1CN1C[C@@]2(CCCc3cc(Cl)ccc32)COc2ccc(C(=O)OC)cc21. The lowest BCUT2D eigenvalue weighted by atomic mass is 9.69. The fourth-order valence-corrected chi connectivity index (χ4v) is 5.97. The van der Waals surface area contributed by atoms with E-state index in [1.807, 2.05) is 18.2 Å². The molecule has 0 N–H and O–H groups in total. The topological polar surface area (TPSA) is 38.8 Å². The summed E-state index contributed by atoms with van der Waals surface area (Å²) in [5, 5.41) is 0.793. The number of aryl methyl sites for hydroxylation is 1. The zero-order valence-corrected chi connectivity index (χ0v) is 19.4. The average molecular weight is 452 g/mol. The molecule has 5 rings (SSSR count). The number of anilines is 1. The van der Waals surface area contributed by atoms with Crippen LogP contribution in [0.15, 0.2) is 49.1 Å². The smallest absolute Gasteiger partial charge is 0.337 e. The number of fused-ring (bicyclic) bond motifs is 3. The van der Waals surface area contributed by atoms with Crippen molar-refractivity contribution in [3.8, 4) is 5.75 Å². The van der Waals surface area contributed by atoms with Crippen LogP contribution in [-0.2, 0) is 16.6 Å². The van der Waals surface area contributed by atoms with Gasteiger partial charge in [-0.2, -0.15) is 0 Å². The van der Waals surface area contributed by atoms with Crippen molar-refractivity contribution in [2.45, 2.75) is 37.5 Å². The minimum absolute atomic E-state index is 0.101. The average Bonchev–Trinajstić information content (AvgIpc) is 2.93. The molecule has 2 aliphatic carbocycles. The van der Waals surface area contributed by atoms with E-state index in [2.05, 4.69) is 29.7 Å². The first-order chi connectivity index (χ1) is 15.5. The van der Waals surface area contributed by atoms with Gasteiger partial charge < -0.3 is 14.4 Å². The largest absolute Gasteiger partial charge is 0.490 e. The number of halogens is 1. The second-order valence-electron chi connectivity index (χ2n) is 9.52. The summed E-state index contributed by atoms with van der Waals surface area (Å²) < 4.78 is 11.5. The van der Waals surface area contributed by atoms with E-state index in [1.165, 1.54) is 31.1 Å². The number of hydrogen-bond acceptors (Lipinski definition) is 4. The number of ether oxygens (including phenoxy) is 2. The van der Waals surface area contributed by atoms with Crippen LogP contribution < -0.4 is 9.64 Å². The molecule has 168 valence electrons. The summed E-state index contributed by atoms with van der Waals surface area (Å²) in [5.41, 5.74) is 4.13. The van der Waals surface area contributed by atoms with E-state index in [1.54, 1.807) is 6.07 Å². The molecule has 3 aliphatic rings. The van der Waals surface area contributed by atoms with Crippen LogP contribution in [0.2, 0.25) is 5.02 Å². The van der Waals surface area contributed by atoms with E-state index in [-0.39, 0.29) is 11.4 Å². The van der Waals surface area contributed by atoms with Crippen LogP contribution in [0.4, 0.5) is 5.69 Å². The second-order valence-corrected chi connectivity index (χ2v) is 9.95. The monoisotopic (exact) mass is 451 g/mol. The summed E-state index contributed by atoms with van der Waals surface area (Å²) in [6, 6.07) is 12.0. The summed E-state index contributed by atoms with van der Waals surface area (Å²) in [5.74, 6) is 1.65. The maximum Gasteiger partial charge on any atom is 0.337 e. The van der Waals surface area contributed by atoms with Crippen molar-refractivity contribution in [1.29, 1.82) is 0 Å². The quantitative estimate of drug-likeness (QED) is 0.434. The maximum atomic E-state index is 12.3. The van der Waals surface area contributed by atoms with Gasteiger partial charge in [0.1, 0.15) is 5.75 Å². The molecule has 0 radical (unpaired) electrons. The number of carbonyl (C=O) groups excluding carboxylic acids is 1. The van der Waals surface area contributed by atoms with Crippen molar-refractivity contribution >= 4 is 23.3 Å². The summed E-state index contributed by atoms with van der Waals surface area (Å²) in [6.07, 6.45) is 7.76. The number of rotatable bonds is 4. The molecule has 0 unspecified atom stereocenters. The molecule has 1 fully saturated rings. The first kappa shape index (κ1) is 21.4. The van der Waals surface area contributed by atoms with Crippen LogP contribution in [0.1, 0.15) is 47.2 Å². The van der Waals surface area contributed by atoms with Gasteiger partial charge in [0, 0.05) is 23.5 Å². The molecule has 0 aromatic heterocycles. The highest BCUT2D eigenvalue weighted by molar-refractivity contribution is 6.30. The number of benzene rings is 2. The van der Waals surface area contributed by atoms with Gasteiger partial charge in [-0.15, -0.1) is 6.58 Å². The molecule has 3 atom stereocenters. The van der Waals surface area contributed by atoms with Crippen LogP contribution in [0.3, 0.4) is 0 Å². The van der Waals surface area contributed by atoms with Gasteiger partial charge >= 0.3 is 5.97 Å². The Morgan fingerprint density at radius 3 is 2.94 bits per heavy atom. The van der Waals surface area contributed by atoms with Gasteiger partial charge in [0.05, 0.1) is 25.0 Å². The summed E-state index contributed by atoms with van der Waals surface area (Å²) >= 11 is 6.33. The van der Waals surface area contributed by atoms with Crippen LogP contribution in [0.25, 0.3) is 0 Å². The lowest BCUT2D eigenvalue weighted by Crippen LogP contribution is -2.48. The van der Waals surface area contributed by atoms with E-state index in [0.717, 1.165) is 48.8 Å². The minimum Gasteiger partial charge on any atom is -0.490 e. The highest BCUT2D eigenvalue weighted by Crippen LogP contribution is 2.46. The Morgan fingerprint density at radius 1 is 1.31 bits per heavy atom. The lowest BCUT2D eigenvalue weighted by Gasteiger charge is -2.44. The zero-order chi connectivity index (χ0) is 22.3. The van der Waals surface area contributed by atoms with Crippen molar-refractivity contribution in [2.75, 3.05) is 31.7 Å². The van der Waals surface area contributed by atoms with Crippen molar-refractivity contribution < 1.29 is 14.3 Å². The third-order valence-electron chi connectivity index (χ3n) is 7.69. The Morgan fingerprint density at radius 2 is 2.19 bits per heavy atom. The molecule has 0 amide bonds. The molecule has 2 aromatic rings. The molecule has 1 heterocycles. The second kappa shape index (κ2) is 8.47. The standard InChI is InChI=1S/C27H30ClNO3/c1-3-18-6-7-21(18)15-29-16-27(12-4-5-19-13-22(28)9-10-23(19)27)17-32-25-11-8-20(14-24(25)29)26(30)31-2/h3,8-11,13-14,18,21H,1,4-7,12,15-17H2,2H3/t18-,21+,27+/m1/s1. The summed E-state index contributed by atoms with van der Waals surface area (Å²) in [4.78, 5) is 14.7. The number of hydrogen-bond donors (Lipinski definition) is 0. The summed E-state index contributed by atoms with van der Waals surface area (Å²) in [6.45, 7) is 6.46. The Balaban J connectivity index is 1.56. The van der Waals surface area contributed by atoms with Gasteiger partial charge in [0.15, 0.2) is 0 Å². The number of esters is 1. The van der Waals surface area contributed by atoms with Gasteiger partial charge in [0.25, 0.3) is 0 Å². The highest BCUT2D eigenvalue weighted by atomic mass is 35.5. The third-order valence-corrected chi connectivity index (χ3v) is 7.93. The molecule has 4 nitrogen and oxygen atoms in total.